The minimum atomic E-state index is 0.776. The predicted molar refractivity (Wildman–Crippen MR) is 80.2 cm³/mol. The lowest BCUT2D eigenvalue weighted by Crippen LogP contribution is -2.04. The maximum absolute atomic E-state index is 5.83. The summed E-state index contributed by atoms with van der Waals surface area (Å²) in [7, 11) is 0. The van der Waals surface area contributed by atoms with Gasteiger partial charge >= 0.3 is 0 Å². The van der Waals surface area contributed by atoms with Crippen LogP contribution in [0.1, 0.15) is 41.3 Å². The van der Waals surface area contributed by atoms with Crippen LogP contribution in [0.15, 0.2) is 12.3 Å². The Morgan fingerprint density at radius 3 is 2.60 bits per heavy atom. The van der Waals surface area contributed by atoms with Gasteiger partial charge in [-0.1, -0.05) is 6.92 Å². The van der Waals surface area contributed by atoms with Gasteiger partial charge in [-0.2, -0.15) is 15.4 Å². The lowest BCUT2D eigenvalue weighted by molar-refractivity contribution is 0.315. The molecule has 1 aromatic heterocycles. The molecule has 0 amide bonds. The summed E-state index contributed by atoms with van der Waals surface area (Å²) in [5, 5.41) is 10.6. The molecule has 0 atom stereocenters. The molecule has 0 saturated carbocycles. The zero-order valence-corrected chi connectivity index (χ0v) is 12.8. The first-order chi connectivity index (χ1) is 9.63. The van der Waals surface area contributed by atoms with Crippen molar-refractivity contribution < 1.29 is 4.74 Å². The molecule has 0 saturated heterocycles. The van der Waals surface area contributed by atoms with Crippen molar-refractivity contribution in [1.82, 2.24) is 15.4 Å². The average molecular weight is 273 g/mol. The normalized spacial score (nSPS) is 10.8. The van der Waals surface area contributed by atoms with Crippen molar-refractivity contribution in [2.45, 2.75) is 47.0 Å². The largest absolute Gasteiger partial charge is 0.493 e. The molecule has 4 nitrogen and oxygen atoms in total. The lowest BCUT2D eigenvalue weighted by Gasteiger charge is -2.17. The third-order valence-corrected chi connectivity index (χ3v) is 3.77. The van der Waals surface area contributed by atoms with Crippen LogP contribution in [0, 0.1) is 20.8 Å². The van der Waals surface area contributed by atoms with Crippen LogP contribution in [0.2, 0.25) is 0 Å². The highest BCUT2D eigenvalue weighted by Gasteiger charge is 2.11. The number of aromatic amines is 1. The topological polar surface area (TPSA) is 50.8 Å². The van der Waals surface area contributed by atoms with E-state index >= 15 is 0 Å². The smallest absolute Gasteiger partial charge is 0.122 e. The van der Waals surface area contributed by atoms with Crippen LogP contribution in [0.5, 0.6) is 5.75 Å². The zero-order valence-electron chi connectivity index (χ0n) is 12.8. The van der Waals surface area contributed by atoms with Gasteiger partial charge in [-0.25, -0.2) is 0 Å². The monoisotopic (exact) mass is 273 g/mol. The molecule has 108 valence electrons. The van der Waals surface area contributed by atoms with Crippen LogP contribution in [-0.4, -0.2) is 22.0 Å². The van der Waals surface area contributed by atoms with Crippen molar-refractivity contribution in [2.24, 2.45) is 0 Å². The first-order valence-corrected chi connectivity index (χ1v) is 7.20. The van der Waals surface area contributed by atoms with Gasteiger partial charge in [0.25, 0.3) is 0 Å². The number of hydrogen-bond donors (Lipinski definition) is 1. The van der Waals surface area contributed by atoms with Gasteiger partial charge in [0, 0.05) is 0 Å². The van der Waals surface area contributed by atoms with Gasteiger partial charge in [-0.3, -0.25) is 0 Å². The molecular formula is C16H23N3O. The van der Waals surface area contributed by atoms with Gasteiger partial charge in [0.05, 0.1) is 18.5 Å². The third kappa shape index (κ3) is 3.18. The van der Waals surface area contributed by atoms with E-state index in [1.165, 1.54) is 22.3 Å². The second kappa shape index (κ2) is 6.55. The van der Waals surface area contributed by atoms with E-state index in [1.54, 1.807) is 6.20 Å². The predicted octanol–water partition coefficient (Wildman–Crippen LogP) is 3.30. The summed E-state index contributed by atoms with van der Waals surface area (Å²) in [6.45, 7) is 9.38. The Balaban J connectivity index is 2.18. The van der Waals surface area contributed by atoms with Gasteiger partial charge in [-0.05, 0) is 68.4 Å². The van der Waals surface area contributed by atoms with E-state index in [0.717, 1.165) is 37.3 Å². The Morgan fingerprint density at radius 1 is 1.15 bits per heavy atom. The van der Waals surface area contributed by atoms with E-state index in [1.807, 2.05) is 0 Å². The maximum atomic E-state index is 5.83. The number of nitrogens with zero attached hydrogens (tertiary/aromatic N) is 2. The second-order valence-electron chi connectivity index (χ2n) is 5.23. The fraction of sp³-hybridized carbons (Fsp3) is 0.500. The Labute approximate surface area is 120 Å². The lowest BCUT2D eigenvalue weighted by atomic mass is 9.93. The number of aromatic nitrogens is 3. The number of H-pyrrole nitrogens is 1. The molecule has 2 rings (SSSR count). The quantitative estimate of drug-likeness (QED) is 0.878. The van der Waals surface area contributed by atoms with Gasteiger partial charge in [0.1, 0.15) is 5.75 Å². The van der Waals surface area contributed by atoms with Crippen LogP contribution in [0.4, 0.5) is 0 Å². The fourth-order valence-corrected chi connectivity index (χ4v) is 2.44. The van der Waals surface area contributed by atoms with E-state index in [2.05, 4.69) is 49.2 Å². The average Bonchev–Trinajstić information content (AvgIpc) is 2.94. The second-order valence-corrected chi connectivity index (χ2v) is 5.23. The molecule has 0 bridgehead atoms. The first kappa shape index (κ1) is 14.6. The van der Waals surface area contributed by atoms with Gasteiger partial charge in [0.2, 0.25) is 0 Å². The van der Waals surface area contributed by atoms with Crippen molar-refractivity contribution in [3.63, 3.8) is 0 Å². The van der Waals surface area contributed by atoms with Crippen LogP contribution in [0.3, 0.4) is 0 Å². The molecular weight excluding hydrogens is 250 g/mol. The first-order valence-electron chi connectivity index (χ1n) is 7.20. The van der Waals surface area contributed by atoms with Crippen molar-refractivity contribution in [3.05, 3.63) is 40.2 Å². The summed E-state index contributed by atoms with van der Waals surface area (Å²) in [4.78, 5) is 0. The summed E-state index contributed by atoms with van der Waals surface area (Å²) < 4.78 is 5.83. The van der Waals surface area contributed by atoms with Crippen LogP contribution < -0.4 is 4.74 Å². The molecule has 0 aliphatic rings. The molecule has 0 aliphatic heterocycles. The molecule has 0 aliphatic carbocycles. The Hall–Kier alpha value is -1.84. The number of aryl methyl sites for hydroxylation is 2. The minimum absolute atomic E-state index is 0.776. The molecule has 0 spiro atoms. The molecule has 2 aromatic rings. The molecule has 1 N–H and O–H groups in total. The Kier molecular flexibility index (Phi) is 4.77. The van der Waals surface area contributed by atoms with Crippen LogP contribution >= 0.6 is 0 Å². The fourth-order valence-electron chi connectivity index (χ4n) is 2.44. The van der Waals surface area contributed by atoms with Gasteiger partial charge < -0.3 is 4.74 Å². The number of ether oxygens (including phenoxy) is 1. The molecule has 0 fully saturated rings. The number of hydrogen-bond acceptors (Lipinski definition) is 3. The van der Waals surface area contributed by atoms with Gasteiger partial charge in [-0.15, -0.1) is 0 Å². The maximum Gasteiger partial charge on any atom is 0.122 e. The van der Waals surface area contributed by atoms with E-state index in [0.29, 0.717) is 0 Å². The summed E-state index contributed by atoms with van der Waals surface area (Å²) in [6, 6.07) is 2.16. The highest BCUT2D eigenvalue weighted by molar-refractivity contribution is 5.48. The van der Waals surface area contributed by atoms with Crippen molar-refractivity contribution in [2.75, 3.05) is 6.61 Å². The van der Waals surface area contributed by atoms with E-state index in [9.17, 15) is 0 Å². The summed E-state index contributed by atoms with van der Waals surface area (Å²) in [6.07, 6.45) is 4.72. The minimum Gasteiger partial charge on any atom is -0.493 e. The number of benzene rings is 1. The van der Waals surface area contributed by atoms with Crippen molar-refractivity contribution >= 4 is 0 Å². The van der Waals surface area contributed by atoms with Gasteiger partial charge in [0.15, 0.2) is 0 Å². The number of nitrogens with one attached hydrogen (secondary N) is 1. The van der Waals surface area contributed by atoms with E-state index in [-0.39, 0.29) is 0 Å². The molecule has 1 aromatic carbocycles. The summed E-state index contributed by atoms with van der Waals surface area (Å²) in [5.74, 6) is 1.02. The standard InChI is InChI=1S/C16H23N3O/c1-5-8-20-16-9-11(2)15(12(3)13(16)4)7-6-14-10-17-19-18-14/h9-10H,5-8H2,1-4H3,(H,17,18,19). The van der Waals surface area contributed by atoms with E-state index in [4.69, 9.17) is 4.74 Å². The Bertz CT molecular complexity index is 562. The third-order valence-electron chi connectivity index (χ3n) is 3.77. The van der Waals surface area contributed by atoms with Crippen molar-refractivity contribution in [1.29, 1.82) is 0 Å². The van der Waals surface area contributed by atoms with Crippen LogP contribution in [0.25, 0.3) is 0 Å². The number of rotatable bonds is 6. The molecule has 0 radical (unpaired) electrons. The highest BCUT2D eigenvalue weighted by atomic mass is 16.5. The summed E-state index contributed by atoms with van der Waals surface area (Å²) in [5.41, 5.74) is 6.28. The van der Waals surface area contributed by atoms with E-state index < -0.39 is 0 Å². The van der Waals surface area contributed by atoms with Crippen LogP contribution in [-0.2, 0) is 12.8 Å². The molecule has 0 unspecified atom stereocenters. The molecule has 20 heavy (non-hydrogen) atoms. The van der Waals surface area contributed by atoms with Crippen molar-refractivity contribution in [3.8, 4) is 5.75 Å². The molecule has 4 heteroatoms. The molecule has 1 heterocycles. The zero-order chi connectivity index (χ0) is 14.5. The highest BCUT2D eigenvalue weighted by Crippen LogP contribution is 2.28. The SMILES string of the molecule is CCCOc1cc(C)c(CCc2cn[nH]n2)c(C)c1C. The summed E-state index contributed by atoms with van der Waals surface area (Å²) >= 11 is 0. The Morgan fingerprint density at radius 2 is 1.95 bits per heavy atom.